The number of anilines is 1. The maximum atomic E-state index is 11.2. The van der Waals surface area contributed by atoms with Gasteiger partial charge in [-0.05, 0) is 43.9 Å². The second kappa shape index (κ2) is 6.24. The molecule has 0 amide bonds. The average molecular weight is 266 g/mol. The van der Waals surface area contributed by atoms with E-state index in [2.05, 4.69) is 11.8 Å². The molecule has 2 nitrogen and oxygen atoms in total. The summed E-state index contributed by atoms with van der Waals surface area (Å²) in [5.74, 6) is 0. The Morgan fingerprint density at radius 2 is 2.28 bits per heavy atom. The minimum Gasteiger partial charge on any atom is -0.368 e. The van der Waals surface area contributed by atoms with Crippen LogP contribution in [0, 0.1) is 0 Å². The molecule has 0 bridgehead atoms. The van der Waals surface area contributed by atoms with Crippen LogP contribution in [0.15, 0.2) is 18.2 Å². The summed E-state index contributed by atoms with van der Waals surface area (Å²) in [6, 6.07) is 6.09. The van der Waals surface area contributed by atoms with E-state index in [0.717, 1.165) is 24.1 Å². The number of rotatable bonds is 4. The van der Waals surface area contributed by atoms with E-state index in [4.69, 9.17) is 11.6 Å². The molecular weight excluding hydrogens is 246 g/mol. The summed E-state index contributed by atoms with van der Waals surface area (Å²) in [6.45, 7) is 3.25. The number of aldehydes is 1. The van der Waals surface area contributed by atoms with Crippen molar-refractivity contribution in [3.63, 3.8) is 0 Å². The van der Waals surface area contributed by atoms with E-state index < -0.39 is 0 Å². The highest BCUT2D eigenvalue weighted by Crippen LogP contribution is 2.31. The Labute approximate surface area is 114 Å². The van der Waals surface area contributed by atoms with Crippen LogP contribution in [0.2, 0.25) is 5.02 Å². The minimum absolute atomic E-state index is 0.556. The maximum absolute atomic E-state index is 11.2. The lowest BCUT2D eigenvalue weighted by Gasteiger charge is -2.38. The van der Waals surface area contributed by atoms with Crippen molar-refractivity contribution in [2.45, 2.75) is 45.1 Å². The molecule has 2 rings (SSSR count). The van der Waals surface area contributed by atoms with Gasteiger partial charge in [-0.3, -0.25) is 4.79 Å². The molecule has 1 aliphatic heterocycles. The molecule has 0 N–H and O–H groups in total. The van der Waals surface area contributed by atoms with Crippen molar-refractivity contribution >= 4 is 23.6 Å². The number of hydrogen-bond donors (Lipinski definition) is 0. The van der Waals surface area contributed by atoms with Crippen LogP contribution < -0.4 is 4.90 Å². The highest BCUT2D eigenvalue weighted by molar-refractivity contribution is 6.31. The van der Waals surface area contributed by atoms with Crippen LogP contribution in [0.1, 0.15) is 49.4 Å². The molecule has 0 saturated carbocycles. The Kier molecular flexibility index (Phi) is 4.65. The van der Waals surface area contributed by atoms with Crippen LogP contribution in [0.4, 0.5) is 5.69 Å². The lowest BCUT2D eigenvalue weighted by atomic mass is 9.96. The van der Waals surface area contributed by atoms with Crippen LogP contribution in [0.3, 0.4) is 0 Å². The fraction of sp³-hybridized carbons (Fsp3) is 0.533. The van der Waals surface area contributed by atoms with Gasteiger partial charge in [0.15, 0.2) is 6.29 Å². The Morgan fingerprint density at radius 1 is 1.44 bits per heavy atom. The molecule has 1 atom stereocenters. The molecule has 1 unspecified atom stereocenters. The van der Waals surface area contributed by atoms with E-state index in [-0.39, 0.29) is 0 Å². The van der Waals surface area contributed by atoms with Gasteiger partial charge in [-0.2, -0.15) is 0 Å². The lowest BCUT2D eigenvalue weighted by molar-refractivity contribution is 0.112. The third kappa shape index (κ3) is 2.86. The first-order valence-corrected chi connectivity index (χ1v) is 7.15. The first-order valence-electron chi connectivity index (χ1n) is 6.77. The summed E-state index contributed by atoms with van der Waals surface area (Å²) < 4.78 is 0. The predicted molar refractivity (Wildman–Crippen MR) is 76.7 cm³/mol. The fourth-order valence-electron chi connectivity index (χ4n) is 2.82. The van der Waals surface area contributed by atoms with E-state index in [1.807, 2.05) is 12.1 Å². The van der Waals surface area contributed by atoms with Crippen LogP contribution in [-0.2, 0) is 0 Å². The number of carbonyl (C=O) groups excluding carboxylic acids is 1. The van der Waals surface area contributed by atoms with Gasteiger partial charge in [0.05, 0.1) is 0 Å². The Balaban J connectivity index is 2.32. The molecule has 1 fully saturated rings. The van der Waals surface area contributed by atoms with E-state index in [0.29, 0.717) is 11.1 Å². The second-order valence-electron chi connectivity index (χ2n) is 4.95. The topological polar surface area (TPSA) is 20.3 Å². The van der Waals surface area contributed by atoms with E-state index in [1.54, 1.807) is 6.07 Å². The van der Waals surface area contributed by atoms with Crippen LogP contribution in [-0.4, -0.2) is 18.9 Å². The van der Waals surface area contributed by atoms with Gasteiger partial charge in [-0.25, -0.2) is 0 Å². The van der Waals surface area contributed by atoms with Gasteiger partial charge in [0, 0.05) is 28.9 Å². The third-order valence-corrected chi connectivity index (χ3v) is 3.91. The van der Waals surface area contributed by atoms with Crippen molar-refractivity contribution in [1.29, 1.82) is 0 Å². The molecule has 1 aromatic rings. The van der Waals surface area contributed by atoms with Crippen molar-refractivity contribution in [2.24, 2.45) is 0 Å². The first kappa shape index (κ1) is 13.4. The summed E-state index contributed by atoms with van der Waals surface area (Å²) in [7, 11) is 0. The molecule has 0 aromatic heterocycles. The number of nitrogens with zero attached hydrogens (tertiary/aromatic N) is 1. The van der Waals surface area contributed by atoms with Gasteiger partial charge in [0.25, 0.3) is 0 Å². The van der Waals surface area contributed by atoms with Gasteiger partial charge in [0.1, 0.15) is 0 Å². The van der Waals surface area contributed by atoms with Crippen molar-refractivity contribution < 1.29 is 4.79 Å². The van der Waals surface area contributed by atoms with Crippen molar-refractivity contribution in [2.75, 3.05) is 11.4 Å². The molecule has 18 heavy (non-hydrogen) atoms. The highest BCUT2D eigenvalue weighted by Gasteiger charge is 2.23. The molecule has 98 valence electrons. The summed E-state index contributed by atoms with van der Waals surface area (Å²) in [5.41, 5.74) is 1.76. The molecule has 1 aromatic carbocycles. The molecule has 3 heteroatoms. The van der Waals surface area contributed by atoms with Gasteiger partial charge < -0.3 is 4.90 Å². The second-order valence-corrected chi connectivity index (χ2v) is 5.39. The molecule has 0 aliphatic carbocycles. The van der Waals surface area contributed by atoms with Crippen LogP contribution in [0.25, 0.3) is 0 Å². The maximum Gasteiger partial charge on any atom is 0.152 e. The molecule has 0 spiro atoms. The van der Waals surface area contributed by atoms with Gasteiger partial charge in [-0.15, -0.1) is 0 Å². The van der Waals surface area contributed by atoms with Crippen LogP contribution >= 0.6 is 11.6 Å². The molecule has 1 aliphatic rings. The predicted octanol–water partition coefficient (Wildman–Crippen LogP) is 4.31. The summed E-state index contributed by atoms with van der Waals surface area (Å²) in [5, 5.41) is 0.705. The van der Waals surface area contributed by atoms with Crippen molar-refractivity contribution in [3.8, 4) is 0 Å². The number of carbonyl (C=O) groups is 1. The lowest BCUT2D eigenvalue weighted by Crippen LogP contribution is -2.40. The average Bonchev–Trinajstić information content (AvgIpc) is 2.40. The Morgan fingerprint density at radius 3 is 3.00 bits per heavy atom. The molecule has 0 radical (unpaired) electrons. The fourth-order valence-corrected chi connectivity index (χ4v) is 2.98. The standard InChI is InChI=1S/C15H20ClNO/c1-2-5-14-6-3-4-9-17(14)15-10-13(16)8-7-12(15)11-18/h7-8,10-11,14H,2-6,9H2,1H3. The van der Waals surface area contributed by atoms with Gasteiger partial charge in [-0.1, -0.05) is 24.9 Å². The summed E-state index contributed by atoms with van der Waals surface area (Å²) in [6.07, 6.45) is 7.01. The third-order valence-electron chi connectivity index (χ3n) is 3.68. The smallest absolute Gasteiger partial charge is 0.152 e. The van der Waals surface area contributed by atoms with Gasteiger partial charge >= 0.3 is 0 Å². The first-order chi connectivity index (χ1) is 8.76. The number of piperidine rings is 1. The van der Waals surface area contributed by atoms with E-state index in [1.165, 1.54) is 32.1 Å². The zero-order valence-corrected chi connectivity index (χ0v) is 11.6. The summed E-state index contributed by atoms with van der Waals surface area (Å²) in [4.78, 5) is 13.6. The van der Waals surface area contributed by atoms with Crippen LogP contribution in [0.5, 0.6) is 0 Å². The van der Waals surface area contributed by atoms with Crippen molar-refractivity contribution in [1.82, 2.24) is 0 Å². The molecule has 1 saturated heterocycles. The monoisotopic (exact) mass is 265 g/mol. The normalized spacial score (nSPS) is 19.9. The number of benzene rings is 1. The van der Waals surface area contributed by atoms with Gasteiger partial charge in [0.2, 0.25) is 0 Å². The molecule has 1 heterocycles. The largest absolute Gasteiger partial charge is 0.368 e. The van der Waals surface area contributed by atoms with E-state index in [9.17, 15) is 4.79 Å². The van der Waals surface area contributed by atoms with Crippen molar-refractivity contribution in [3.05, 3.63) is 28.8 Å². The highest BCUT2D eigenvalue weighted by atomic mass is 35.5. The Bertz CT molecular complexity index is 417. The minimum atomic E-state index is 0.556. The SMILES string of the molecule is CCCC1CCCCN1c1cc(Cl)ccc1C=O. The Hall–Kier alpha value is -1.02. The number of halogens is 1. The zero-order valence-electron chi connectivity index (χ0n) is 10.9. The quantitative estimate of drug-likeness (QED) is 0.756. The zero-order chi connectivity index (χ0) is 13.0. The van der Waals surface area contributed by atoms with E-state index >= 15 is 0 Å². The molecular formula is C15H20ClNO. The summed E-state index contributed by atoms with van der Waals surface area (Å²) >= 11 is 6.08. The number of hydrogen-bond acceptors (Lipinski definition) is 2.